The van der Waals surface area contributed by atoms with Crippen molar-refractivity contribution in [2.45, 2.75) is 31.1 Å². The molecular weight excluding hydrogens is 264 g/mol. The van der Waals surface area contributed by atoms with Crippen LogP contribution in [-0.4, -0.2) is 32.3 Å². The van der Waals surface area contributed by atoms with Crippen LogP contribution in [0.1, 0.15) is 30.6 Å². The summed E-state index contributed by atoms with van der Waals surface area (Å²) in [6.07, 6.45) is 1.72. The van der Waals surface area contributed by atoms with Gasteiger partial charge in [-0.3, -0.25) is 4.79 Å². The Morgan fingerprint density at radius 3 is 2.79 bits per heavy atom. The largest absolute Gasteiger partial charge is 0.373 e. The van der Waals surface area contributed by atoms with E-state index in [1.165, 1.54) is 12.5 Å². The van der Waals surface area contributed by atoms with Crippen molar-refractivity contribution in [2.24, 2.45) is 0 Å². The molecule has 0 saturated carbocycles. The van der Waals surface area contributed by atoms with Gasteiger partial charge >= 0.3 is 0 Å². The summed E-state index contributed by atoms with van der Waals surface area (Å²) in [6.45, 7) is 2.01. The molecule has 2 rings (SSSR count). The molecule has 0 fully saturated rings. The molecule has 5 heteroatoms. The van der Waals surface area contributed by atoms with Crippen LogP contribution >= 0.6 is 0 Å². The Labute approximate surface area is 113 Å². The summed E-state index contributed by atoms with van der Waals surface area (Å²) >= 11 is 0. The highest BCUT2D eigenvalue weighted by Gasteiger charge is 2.29. The lowest BCUT2D eigenvalue weighted by atomic mass is 9.94. The van der Waals surface area contributed by atoms with Gasteiger partial charge in [0.25, 0.3) is 0 Å². The molecule has 0 bridgehead atoms. The van der Waals surface area contributed by atoms with Crippen LogP contribution in [0.2, 0.25) is 0 Å². The molecule has 1 aromatic carbocycles. The maximum atomic E-state index is 12.0. The average molecular weight is 282 g/mol. The minimum atomic E-state index is -3.34. The first-order valence-electron chi connectivity index (χ1n) is 6.30. The zero-order valence-corrected chi connectivity index (χ0v) is 11.9. The number of rotatable bonds is 4. The van der Waals surface area contributed by atoms with Gasteiger partial charge in [0.1, 0.15) is 5.25 Å². The molecule has 0 N–H and O–H groups in total. The highest BCUT2D eigenvalue weighted by molar-refractivity contribution is 7.92. The lowest BCUT2D eigenvalue weighted by molar-refractivity contribution is -0.121. The second-order valence-corrected chi connectivity index (χ2v) is 7.32. The molecule has 1 aromatic rings. The van der Waals surface area contributed by atoms with Gasteiger partial charge in [-0.15, -0.1) is 0 Å². The molecule has 0 saturated heterocycles. The predicted molar refractivity (Wildman–Crippen MR) is 72.8 cm³/mol. The van der Waals surface area contributed by atoms with Gasteiger partial charge in [-0.05, 0) is 24.5 Å². The summed E-state index contributed by atoms with van der Waals surface area (Å²) < 4.78 is 28.4. The number of carbonyl (C=O) groups excluding carboxylic acids is 1. The lowest BCUT2D eigenvalue weighted by Gasteiger charge is -2.26. The van der Waals surface area contributed by atoms with Crippen LogP contribution in [0.4, 0.5) is 0 Å². The van der Waals surface area contributed by atoms with Crippen LogP contribution in [0, 0.1) is 0 Å². The summed E-state index contributed by atoms with van der Waals surface area (Å²) in [6, 6.07) is 7.83. The van der Waals surface area contributed by atoms with Gasteiger partial charge in [0, 0.05) is 12.7 Å². The Balaban J connectivity index is 2.15. The van der Waals surface area contributed by atoms with Crippen molar-refractivity contribution in [3.8, 4) is 0 Å². The Hall–Kier alpha value is -1.20. The first kappa shape index (κ1) is 14.2. The normalized spacial score (nSPS) is 20.6. The molecule has 1 aliphatic heterocycles. The van der Waals surface area contributed by atoms with E-state index in [0.29, 0.717) is 6.61 Å². The van der Waals surface area contributed by atoms with E-state index in [1.54, 1.807) is 0 Å². The monoisotopic (exact) mass is 282 g/mol. The van der Waals surface area contributed by atoms with E-state index in [4.69, 9.17) is 4.74 Å². The summed E-state index contributed by atoms with van der Waals surface area (Å²) in [5, 5.41) is -0.967. The number of ketones is 1. The third-order valence-electron chi connectivity index (χ3n) is 3.57. The van der Waals surface area contributed by atoms with E-state index in [0.717, 1.165) is 18.2 Å². The molecule has 1 heterocycles. The smallest absolute Gasteiger partial charge is 0.157 e. The van der Waals surface area contributed by atoms with Crippen molar-refractivity contribution in [2.75, 3.05) is 12.9 Å². The lowest BCUT2D eigenvalue weighted by Crippen LogP contribution is -2.29. The number of sulfone groups is 1. The molecule has 2 unspecified atom stereocenters. The maximum absolute atomic E-state index is 12.0. The van der Waals surface area contributed by atoms with Gasteiger partial charge in [-0.2, -0.15) is 0 Å². The molecule has 0 radical (unpaired) electrons. The van der Waals surface area contributed by atoms with Crippen LogP contribution in [0.5, 0.6) is 0 Å². The number of Topliss-reactive ketones (excluding diaryl/α,β-unsaturated/α-hetero) is 1. The summed E-state index contributed by atoms with van der Waals surface area (Å²) in [7, 11) is -3.34. The first-order chi connectivity index (χ1) is 8.89. The second-order valence-electron chi connectivity index (χ2n) is 4.95. The fourth-order valence-electron chi connectivity index (χ4n) is 2.23. The van der Waals surface area contributed by atoms with E-state index < -0.39 is 15.1 Å². The van der Waals surface area contributed by atoms with Crippen LogP contribution in [0.3, 0.4) is 0 Å². The Morgan fingerprint density at radius 1 is 1.42 bits per heavy atom. The van der Waals surface area contributed by atoms with Crippen molar-refractivity contribution >= 4 is 15.6 Å². The highest BCUT2D eigenvalue weighted by atomic mass is 32.2. The molecule has 4 nitrogen and oxygen atoms in total. The molecule has 0 aromatic heterocycles. The number of fused-ring (bicyclic) bond motifs is 1. The van der Waals surface area contributed by atoms with Crippen LogP contribution in [0.15, 0.2) is 24.3 Å². The first-order valence-corrected chi connectivity index (χ1v) is 8.26. The van der Waals surface area contributed by atoms with Gasteiger partial charge in [0.2, 0.25) is 0 Å². The van der Waals surface area contributed by atoms with E-state index in [-0.39, 0.29) is 18.3 Å². The number of hydrogen-bond acceptors (Lipinski definition) is 4. The number of carbonyl (C=O) groups is 1. The van der Waals surface area contributed by atoms with E-state index >= 15 is 0 Å². The SMILES string of the molecule is CC(C(=O)CC1OCCc2ccccc21)S(C)(=O)=O. The minimum absolute atomic E-state index is 0.116. The van der Waals surface area contributed by atoms with E-state index in [2.05, 4.69) is 0 Å². The van der Waals surface area contributed by atoms with Crippen molar-refractivity contribution in [1.82, 2.24) is 0 Å². The van der Waals surface area contributed by atoms with Crippen molar-refractivity contribution in [1.29, 1.82) is 0 Å². The molecule has 0 amide bonds. The summed E-state index contributed by atoms with van der Waals surface area (Å²) in [5.41, 5.74) is 2.18. The van der Waals surface area contributed by atoms with Gasteiger partial charge < -0.3 is 4.74 Å². The second kappa shape index (κ2) is 5.43. The third kappa shape index (κ3) is 3.22. The molecule has 2 atom stereocenters. The van der Waals surface area contributed by atoms with Crippen LogP contribution in [0.25, 0.3) is 0 Å². The molecular formula is C14H18O4S. The zero-order chi connectivity index (χ0) is 14.0. The van der Waals surface area contributed by atoms with Gasteiger partial charge in [-0.1, -0.05) is 24.3 Å². The van der Waals surface area contributed by atoms with Gasteiger partial charge in [0.05, 0.1) is 12.7 Å². The average Bonchev–Trinajstić information content (AvgIpc) is 2.37. The molecule has 1 aliphatic rings. The zero-order valence-electron chi connectivity index (χ0n) is 11.1. The van der Waals surface area contributed by atoms with E-state index in [9.17, 15) is 13.2 Å². The Kier molecular flexibility index (Phi) is 4.06. The summed E-state index contributed by atoms with van der Waals surface area (Å²) in [5.74, 6) is -0.288. The topological polar surface area (TPSA) is 60.4 Å². The molecule has 19 heavy (non-hydrogen) atoms. The molecule has 0 spiro atoms. The van der Waals surface area contributed by atoms with Crippen molar-refractivity contribution in [3.05, 3.63) is 35.4 Å². The Bertz CT molecular complexity index is 577. The standard InChI is InChI=1S/C14H18O4S/c1-10(19(2,16)17)13(15)9-14-12-6-4-3-5-11(12)7-8-18-14/h3-6,10,14H,7-9H2,1-2H3. The number of benzene rings is 1. The third-order valence-corrected chi connectivity index (χ3v) is 5.12. The number of ether oxygens (including phenoxy) is 1. The fraction of sp³-hybridized carbons (Fsp3) is 0.500. The quantitative estimate of drug-likeness (QED) is 0.843. The predicted octanol–water partition coefficient (Wildman–Crippen LogP) is 1.69. The van der Waals surface area contributed by atoms with Crippen LogP contribution < -0.4 is 0 Å². The fourth-order valence-corrected chi connectivity index (χ4v) is 2.81. The van der Waals surface area contributed by atoms with Crippen molar-refractivity contribution in [3.63, 3.8) is 0 Å². The maximum Gasteiger partial charge on any atom is 0.157 e. The van der Waals surface area contributed by atoms with E-state index in [1.807, 2.05) is 24.3 Å². The highest BCUT2D eigenvalue weighted by Crippen LogP contribution is 2.30. The van der Waals surface area contributed by atoms with Crippen molar-refractivity contribution < 1.29 is 17.9 Å². The Morgan fingerprint density at radius 2 is 2.11 bits per heavy atom. The number of hydrogen-bond donors (Lipinski definition) is 0. The molecule has 104 valence electrons. The van der Waals surface area contributed by atoms with Gasteiger partial charge in [-0.25, -0.2) is 8.42 Å². The minimum Gasteiger partial charge on any atom is -0.373 e. The summed E-state index contributed by atoms with van der Waals surface area (Å²) in [4.78, 5) is 12.0. The molecule has 0 aliphatic carbocycles. The van der Waals surface area contributed by atoms with Gasteiger partial charge in [0.15, 0.2) is 15.6 Å². The van der Waals surface area contributed by atoms with Crippen LogP contribution in [-0.2, 0) is 25.8 Å².